The van der Waals surface area contributed by atoms with Gasteiger partial charge in [0.2, 0.25) is 11.8 Å². The highest BCUT2D eigenvalue weighted by atomic mass is 16.2. The molecule has 0 fully saturated rings. The number of rotatable bonds is 36. The van der Waals surface area contributed by atoms with Gasteiger partial charge in [0.1, 0.15) is 0 Å². The van der Waals surface area contributed by atoms with E-state index in [4.69, 9.17) is 5.73 Å². The summed E-state index contributed by atoms with van der Waals surface area (Å²) < 4.78 is 0. The molecular formula is C39H79N3O2. The Hall–Kier alpha value is -1.10. The predicted octanol–water partition coefficient (Wildman–Crippen LogP) is 11.1. The summed E-state index contributed by atoms with van der Waals surface area (Å²) in [7, 11) is 0. The van der Waals surface area contributed by atoms with Crippen LogP contribution in [-0.4, -0.2) is 30.9 Å². The second-order valence-electron chi connectivity index (χ2n) is 13.7. The molecule has 4 N–H and O–H groups in total. The van der Waals surface area contributed by atoms with Gasteiger partial charge in [0.15, 0.2) is 0 Å². The summed E-state index contributed by atoms with van der Waals surface area (Å²) in [5.41, 5.74) is 5.36. The molecule has 0 aromatic heterocycles. The van der Waals surface area contributed by atoms with Crippen LogP contribution >= 0.6 is 0 Å². The number of nitrogens with two attached hydrogens (primary N) is 1. The first-order valence-corrected chi connectivity index (χ1v) is 19.9. The fourth-order valence-corrected chi connectivity index (χ4v) is 6.34. The first-order valence-electron chi connectivity index (χ1n) is 19.9. The molecule has 0 saturated carbocycles. The van der Waals surface area contributed by atoms with Crippen LogP contribution in [0, 0.1) is 0 Å². The Bertz CT molecular complexity index is 564. The summed E-state index contributed by atoms with van der Waals surface area (Å²) in [5, 5.41) is 5.81. The average Bonchev–Trinajstić information content (AvgIpc) is 3.03. The van der Waals surface area contributed by atoms with Crippen molar-refractivity contribution < 1.29 is 9.59 Å². The highest BCUT2D eigenvalue weighted by molar-refractivity contribution is 5.85. The van der Waals surface area contributed by atoms with Crippen molar-refractivity contribution in [3.05, 3.63) is 0 Å². The van der Waals surface area contributed by atoms with Crippen LogP contribution in [-0.2, 0) is 9.59 Å². The lowest BCUT2D eigenvalue weighted by Gasteiger charge is -2.19. The van der Waals surface area contributed by atoms with Crippen molar-refractivity contribution in [2.45, 2.75) is 225 Å². The smallest absolute Gasteiger partial charge is 0.239 e. The lowest BCUT2D eigenvalue weighted by atomic mass is 9.99. The van der Waals surface area contributed by atoms with Crippen molar-refractivity contribution in [2.75, 3.05) is 13.1 Å². The van der Waals surface area contributed by atoms with Crippen LogP contribution in [0.1, 0.15) is 219 Å². The van der Waals surface area contributed by atoms with Gasteiger partial charge in [-0.1, -0.05) is 206 Å². The van der Waals surface area contributed by atoms with Gasteiger partial charge in [0.25, 0.3) is 0 Å². The van der Waals surface area contributed by atoms with Crippen LogP contribution in [0.3, 0.4) is 0 Å². The van der Waals surface area contributed by atoms with Gasteiger partial charge >= 0.3 is 0 Å². The van der Waals surface area contributed by atoms with Gasteiger partial charge in [-0.25, -0.2) is 0 Å². The summed E-state index contributed by atoms with van der Waals surface area (Å²) in [6.07, 6.45) is 43.2. The van der Waals surface area contributed by atoms with E-state index in [1.165, 1.54) is 193 Å². The molecule has 262 valence electrons. The van der Waals surface area contributed by atoms with Crippen molar-refractivity contribution in [3.8, 4) is 0 Å². The standard InChI is InChI=1S/C39H79N3O2/c1-3-5-7-9-11-13-15-17-19-21-23-25-27-29-31-33-37(42-39(44)36-41-38(43)35-40)34-32-30-28-26-24-22-20-18-16-14-12-10-8-6-4-2/h37H,3-36,40H2,1-2H3,(H,41,43)(H,42,44). The monoisotopic (exact) mass is 622 g/mol. The van der Waals surface area contributed by atoms with Crippen molar-refractivity contribution >= 4 is 11.8 Å². The predicted molar refractivity (Wildman–Crippen MR) is 193 cm³/mol. The third-order valence-electron chi connectivity index (χ3n) is 9.31. The third kappa shape index (κ3) is 33.8. The zero-order valence-corrected chi connectivity index (χ0v) is 30.0. The number of carbonyl (C=O) groups excluding carboxylic acids is 2. The van der Waals surface area contributed by atoms with E-state index in [1.54, 1.807) is 0 Å². The van der Waals surface area contributed by atoms with Crippen LogP contribution in [0.2, 0.25) is 0 Å². The van der Waals surface area contributed by atoms with E-state index in [-0.39, 0.29) is 30.9 Å². The van der Waals surface area contributed by atoms with Gasteiger partial charge in [-0.3, -0.25) is 9.59 Å². The normalized spacial score (nSPS) is 11.4. The minimum absolute atomic E-state index is 0.0320. The van der Waals surface area contributed by atoms with Crippen molar-refractivity contribution in [3.63, 3.8) is 0 Å². The summed E-state index contributed by atoms with van der Waals surface area (Å²) >= 11 is 0. The van der Waals surface area contributed by atoms with Crippen molar-refractivity contribution in [1.29, 1.82) is 0 Å². The Kier molecular flexibility index (Phi) is 35.5. The minimum Gasteiger partial charge on any atom is -0.352 e. The van der Waals surface area contributed by atoms with Gasteiger partial charge < -0.3 is 16.4 Å². The van der Waals surface area contributed by atoms with Crippen molar-refractivity contribution in [2.24, 2.45) is 5.73 Å². The second kappa shape index (κ2) is 36.4. The van der Waals surface area contributed by atoms with Crippen LogP contribution in [0.15, 0.2) is 0 Å². The maximum atomic E-state index is 12.4. The molecule has 0 bridgehead atoms. The number of amides is 2. The van der Waals surface area contributed by atoms with Crippen molar-refractivity contribution in [1.82, 2.24) is 10.6 Å². The van der Waals surface area contributed by atoms with E-state index in [2.05, 4.69) is 24.5 Å². The minimum atomic E-state index is -0.276. The number of carbonyl (C=O) groups is 2. The van der Waals surface area contributed by atoms with Gasteiger partial charge in [-0.15, -0.1) is 0 Å². The molecule has 0 aromatic carbocycles. The molecule has 0 heterocycles. The van der Waals surface area contributed by atoms with Crippen LogP contribution in [0.4, 0.5) is 0 Å². The first-order chi connectivity index (χ1) is 21.6. The molecule has 0 aliphatic heterocycles. The van der Waals surface area contributed by atoms with E-state index < -0.39 is 0 Å². The lowest BCUT2D eigenvalue weighted by Crippen LogP contribution is -2.43. The van der Waals surface area contributed by atoms with E-state index in [0.29, 0.717) is 0 Å². The molecule has 44 heavy (non-hydrogen) atoms. The number of hydrogen-bond acceptors (Lipinski definition) is 3. The summed E-state index contributed by atoms with van der Waals surface area (Å²) in [6, 6.07) is 0.223. The number of hydrogen-bond donors (Lipinski definition) is 3. The topological polar surface area (TPSA) is 84.2 Å². The summed E-state index contributed by atoms with van der Waals surface area (Å²) in [6.45, 7) is 4.53. The molecule has 0 atom stereocenters. The molecule has 5 heteroatoms. The first kappa shape index (κ1) is 42.9. The Balaban J connectivity index is 3.89. The molecule has 0 radical (unpaired) electrons. The molecule has 0 aliphatic rings. The van der Waals surface area contributed by atoms with E-state index in [9.17, 15) is 9.59 Å². The molecular weight excluding hydrogens is 542 g/mol. The molecule has 0 aromatic rings. The van der Waals surface area contributed by atoms with Crippen LogP contribution < -0.4 is 16.4 Å². The highest BCUT2D eigenvalue weighted by Gasteiger charge is 2.13. The van der Waals surface area contributed by atoms with E-state index >= 15 is 0 Å². The lowest BCUT2D eigenvalue weighted by molar-refractivity contribution is -0.125. The summed E-state index contributed by atoms with van der Waals surface area (Å²) in [5.74, 6) is -0.361. The fraction of sp³-hybridized carbons (Fsp3) is 0.949. The van der Waals surface area contributed by atoms with E-state index in [1.807, 2.05) is 0 Å². The van der Waals surface area contributed by atoms with Gasteiger partial charge in [0.05, 0.1) is 13.1 Å². The average molecular weight is 622 g/mol. The molecule has 0 spiro atoms. The molecule has 0 unspecified atom stereocenters. The third-order valence-corrected chi connectivity index (χ3v) is 9.31. The Morgan fingerprint density at radius 3 is 0.977 bits per heavy atom. The maximum absolute atomic E-state index is 12.4. The molecule has 0 rings (SSSR count). The van der Waals surface area contributed by atoms with Gasteiger partial charge in [0, 0.05) is 6.04 Å². The largest absolute Gasteiger partial charge is 0.352 e. The van der Waals surface area contributed by atoms with Crippen LogP contribution in [0.5, 0.6) is 0 Å². The Labute approximate surface area is 275 Å². The SMILES string of the molecule is CCCCCCCCCCCCCCCCCC(CCCCCCCCCCCCCCCCC)NC(=O)CNC(=O)CN. The quantitative estimate of drug-likeness (QED) is 0.0608. The molecule has 2 amide bonds. The molecule has 0 aliphatic carbocycles. The number of unbranched alkanes of at least 4 members (excludes halogenated alkanes) is 28. The molecule has 0 saturated heterocycles. The van der Waals surface area contributed by atoms with Crippen LogP contribution in [0.25, 0.3) is 0 Å². The fourth-order valence-electron chi connectivity index (χ4n) is 6.34. The zero-order chi connectivity index (χ0) is 32.2. The summed E-state index contributed by atoms with van der Waals surface area (Å²) in [4.78, 5) is 23.9. The molecule has 5 nitrogen and oxygen atoms in total. The van der Waals surface area contributed by atoms with E-state index in [0.717, 1.165) is 12.8 Å². The second-order valence-corrected chi connectivity index (χ2v) is 13.7. The Morgan fingerprint density at radius 1 is 0.432 bits per heavy atom. The zero-order valence-electron chi connectivity index (χ0n) is 30.0. The Morgan fingerprint density at radius 2 is 0.705 bits per heavy atom. The maximum Gasteiger partial charge on any atom is 0.239 e. The highest BCUT2D eigenvalue weighted by Crippen LogP contribution is 2.17. The number of nitrogens with one attached hydrogen (secondary N) is 2. The van der Waals surface area contributed by atoms with Gasteiger partial charge in [-0.2, -0.15) is 0 Å². The van der Waals surface area contributed by atoms with Gasteiger partial charge in [-0.05, 0) is 12.8 Å².